The molecule has 0 bridgehead atoms. The van der Waals surface area contributed by atoms with Crippen LogP contribution < -0.4 is 9.64 Å². The summed E-state index contributed by atoms with van der Waals surface area (Å²) in [6.07, 6.45) is 2.23. The lowest BCUT2D eigenvalue weighted by molar-refractivity contribution is 0.286. The monoisotopic (exact) mass is 333 g/mol. The molecule has 3 rings (SSSR count). The molecule has 1 aliphatic rings. The number of nitrogens with zero attached hydrogens (tertiary/aromatic N) is 3. The van der Waals surface area contributed by atoms with E-state index in [0.717, 1.165) is 55.7 Å². The standard InChI is InChI=1S/C18H21F2N3O/c1-12-5-7-23(8-6-12)18-21-13(2)9-17(22-18)24-11-14-10-15(19)3-4-16(14)20/h3-4,9-10,12H,5-8,11H2,1-2H3. The van der Waals surface area contributed by atoms with Crippen LogP contribution >= 0.6 is 0 Å². The lowest BCUT2D eigenvalue weighted by atomic mass is 10.00. The molecular weight excluding hydrogens is 312 g/mol. The van der Waals surface area contributed by atoms with Crippen LogP contribution in [0.3, 0.4) is 0 Å². The number of anilines is 1. The van der Waals surface area contributed by atoms with Crippen molar-refractivity contribution in [3.05, 3.63) is 47.2 Å². The third-order valence-electron chi connectivity index (χ3n) is 4.27. The van der Waals surface area contributed by atoms with Gasteiger partial charge in [0.2, 0.25) is 11.8 Å². The van der Waals surface area contributed by atoms with Crippen LogP contribution in [0.25, 0.3) is 0 Å². The Kier molecular flexibility index (Phi) is 4.92. The molecule has 1 aliphatic heterocycles. The quantitative estimate of drug-likeness (QED) is 0.851. The highest BCUT2D eigenvalue weighted by molar-refractivity contribution is 5.35. The lowest BCUT2D eigenvalue weighted by Crippen LogP contribution is -2.34. The zero-order valence-electron chi connectivity index (χ0n) is 13.9. The third kappa shape index (κ3) is 3.99. The average Bonchev–Trinajstić information content (AvgIpc) is 2.56. The summed E-state index contributed by atoms with van der Waals surface area (Å²) in [7, 11) is 0. The van der Waals surface area contributed by atoms with Crippen LogP contribution in [-0.2, 0) is 6.61 Å². The Hall–Kier alpha value is -2.24. The van der Waals surface area contributed by atoms with Crippen LogP contribution in [0.2, 0.25) is 0 Å². The molecule has 0 spiro atoms. The van der Waals surface area contributed by atoms with Gasteiger partial charge in [0.25, 0.3) is 0 Å². The van der Waals surface area contributed by atoms with Crippen LogP contribution in [0.5, 0.6) is 5.88 Å². The van der Waals surface area contributed by atoms with Gasteiger partial charge in [-0.1, -0.05) is 6.92 Å². The Morgan fingerprint density at radius 3 is 2.67 bits per heavy atom. The summed E-state index contributed by atoms with van der Waals surface area (Å²) in [6, 6.07) is 5.02. The molecule has 0 saturated carbocycles. The molecule has 0 atom stereocenters. The topological polar surface area (TPSA) is 38.2 Å². The zero-order valence-corrected chi connectivity index (χ0v) is 13.9. The van der Waals surface area contributed by atoms with Gasteiger partial charge in [0.15, 0.2) is 0 Å². The molecule has 6 heteroatoms. The van der Waals surface area contributed by atoms with Crippen LogP contribution in [0, 0.1) is 24.5 Å². The van der Waals surface area contributed by atoms with Crippen LogP contribution in [0.4, 0.5) is 14.7 Å². The number of aryl methyl sites for hydroxylation is 1. The molecule has 1 aromatic carbocycles. The van der Waals surface area contributed by atoms with Gasteiger partial charge in [0.1, 0.15) is 18.2 Å². The van der Waals surface area contributed by atoms with E-state index < -0.39 is 11.6 Å². The van der Waals surface area contributed by atoms with Crippen molar-refractivity contribution in [1.82, 2.24) is 9.97 Å². The molecule has 0 radical (unpaired) electrons. The largest absolute Gasteiger partial charge is 0.473 e. The molecule has 24 heavy (non-hydrogen) atoms. The van der Waals surface area contributed by atoms with Gasteiger partial charge < -0.3 is 9.64 Å². The summed E-state index contributed by atoms with van der Waals surface area (Å²) in [5, 5.41) is 0. The minimum absolute atomic E-state index is 0.0729. The Bertz CT molecular complexity index is 715. The van der Waals surface area contributed by atoms with E-state index in [1.807, 2.05) is 6.92 Å². The van der Waals surface area contributed by atoms with E-state index >= 15 is 0 Å². The third-order valence-corrected chi connectivity index (χ3v) is 4.27. The van der Waals surface area contributed by atoms with Crippen LogP contribution in [0.15, 0.2) is 24.3 Å². The van der Waals surface area contributed by atoms with Gasteiger partial charge in [0.05, 0.1) is 0 Å². The zero-order chi connectivity index (χ0) is 17.1. The summed E-state index contributed by atoms with van der Waals surface area (Å²) in [6.45, 7) is 5.88. The second-order valence-electron chi connectivity index (χ2n) is 6.34. The second-order valence-corrected chi connectivity index (χ2v) is 6.34. The molecule has 1 saturated heterocycles. The van der Waals surface area contributed by atoms with Crippen molar-refractivity contribution in [3.8, 4) is 5.88 Å². The van der Waals surface area contributed by atoms with E-state index in [2.05, 4.69) is 21.8 Å². The Labute approximate surface area is 140 Å². The molecule has 128 valence electrons. The van der Waals surface area contributed by atoms with Crippen LogP contribution in [0.1, 0.15) is 31.0 Å². The Morgan fingerprint density at radius 2 is 1.92 bits per heavy atom. The molecular formula is C18H21F2N3O. The van der Waals surface area contributed by atoms with Crippen molar-refractivity contribution in [2.75, 3.05) is 18.0 Å². The number of hydrogen-bond acceptors (Lipinski definition) is 4. The molecule has 2 heterocycles. The van der Waals surface area contributed by atoms with Gasteiger partial charge in [-0.3, -0.25) is 0 Å². The van der Waals surface area contributed by atoms with Gasteiger partial charge in [0, 0.05) is 30.4 Å². The fourth-order valence-electron chi connectivity index (χ4n) is 2.75. The first kappa shape index (κ1) is 16.6. The van der Waals surface area contributed by atoms with E-state index in [9.17, 15) is 8.78 Å². The van der Waals surface area contributed by atoms with Gasteiger partial charge in [-0.15, -0.1) is 0 Å². The van der Waals surface area contributed by atoms with E-state index in [0.29, 0.717) is 11.8 Å². The number of piperidine rings is 1. The van der Waals surface area contributed by atoms with Crippen molar-refractivity contribution in [1.29, 1.82) is 0 Å². The highest BCUT2D eigenvalue weighted by atomic mass is 19.1. The fraction of sp³-hybridized carbons (Fsp3) is 0.444. The molecule has 4 nitrogen and oxygen atoms in total. The summed E-state index contributed by atoms with van der Waals surface area (Å²) in [5.41, 5.74) is 0.952. The highest BCUT2D eigenvalue weighted by Crippen LogP contribution is 2.23. The average molecular weight is 333 g/mol. The highest BCUT2D eigenvalue weighted by Gasteiger charge is 2.19. The number of rotatable bonds is 4. The van der Waals surface area contributed by atoms with Crippen molar-refractivity contribution in [3.63, 3.8) is 0 Å². The SMILES string of the molecule is Cc1cc(OCc2cc(F)ccc2F)nc(N2CCC(C)CC2)n1. The maximum absolute atomic E-state index is 13.7. The molecule has 0 unspecified atom stereocenters. The van der Waals surface area contributed by atoms with Crippen molar-refractivity contribution in [2.24, 2.45) is 5.92 Å². The predicted molar refractivity (Wildman–Crippen MR) is 88.1 cm³/mol. The van der Waals surface area contributed by atoms with Gasteiger partial charge in [-0.2, -0.15) is 4.98 Å². The first-order valence-corrected chi connectivity index (χ1v) is 8.18. The first-order chi connectivity index (χ1) is 11.5. The molecule has 1 fully saturated rings. The summed E-state index contributed by atoms with van der Waals surface area (Å²) < 4.78 is 32.5. The van der Waals surface area contributed by atoms with Crippen molar-refractivity contribution in [2.45, 2.75) is 33.3 Å². The molecule has 2 aromatic rings. The maximum atomic E-state index is 13.7. The minimum Gasteiger partial charge on any atom is -0.473 e. The Balaban J connectivity index is 1.73. The van der Waals surface area contributed by atoms with Gasteiger partial charge in [-0.05, 0) is 43.9 Å². The number of halogens is 2. The fourth-order valence-corrected chi connectivity index (χ4v) is 2.75. The minimum atomic E-state index is -0.493. The lowest BCUT2D eigenvalue weighted by Gasteiger charge is -2.30. The van der Waals surface area contributed by atoms with E-state index in [4.69, 9.17) is 4.74 Å². The maximum Gasteiger partial charge on any atom is 0.228 e. The first-order valence-electron chi connectivity index (χ1n) is 8.18. The predicted octanol–water partition coefficient (Wildman–Crippen LogP) is 3.88. The molecule has 0 N–H and O–H groups in total. The smallest absolute Gasteiger partial charge is 0.228 e. The molecule has 1 aromatic heterocycles. The molecule has 0 amide bonds. The summed E-state index contributed by atoms with van der Waals surface area (Å²) in [5.74, 6) is 0.749. The van der Waals surface area contributed by atoms with E-state index in [1.165, 1.54) is 0 Å². The van der Waals surface area contributed by atoms with Crippen LogP contribution in [-0.4, -0.2) is 23.1 Å². The number of benzene rings is 1. The number of hydrogen-bond donors (Lipinski definition) is 0. The van der Waals surface area contributed by atoms with Crippen molar-refractivity contribution >= 4 is 5.95 Å². The van der Waals surface area contributed by atoms with Crippen molar-refractivity contribution < 1.29 is 13.5 Å². The van der Waals surface area contributed by atoms with Gasteiger partial charge >= 0.3 is 0 Å². The van der Waals surface area contributed by atoms with E-state index in [1.54, 1.807) is 6.07 Å². The summed E-state index contributed by atoms with van der Waals surface area (Å²) >= 11 is 0. The Morgan fingerprint density at radius 1 is 1.17 bits per heavy atom. The summed E-state index contributed by atoms with van der Waals surface area (Å²) in [4.78, 5) is 11.0. The molecule has 0 aliphatic carbocycles. The van der Waals surface area contributed by atoms with Gasteiger partial charge in [-0.25, -0.2) is 13.8 Å². The second kappa shape index (κ2) is 7.11. The van der Waals surface area contributed by atoms with E-state index in [-0.39, 0.29) is 12.2 Å². The number of aromatic nitrogens is 2. The number of ether oxygens (including phenoxy) is 1. The normalized spacial score (nSPS) is 15.6.